The van der Waals surface area contributed by atoms with E-state index in [1.165, 1.54) is 21.6 Å². The maximum atomic E-state index is 15.4. The Labute approximate surface area is 373 Å². The van der Waals surface area contributed by atoms with Gasteiger partial charge in [0.15, 0.2) is 11.3 Å². The molecule has 342 valence electrons. The Morgan fingerprint density at radius 3 is 2.69 bits per heavy atom. The standard InChI is InChI=1S/C45H51F3N12O5/c1-51-40-28(4-2-6-31(40)39(50)32-11-12-38(61)55-44(32)62)5-3-20-65-36-14-17-57(25-34(36)46)23-27-7-9-29(10-8-27)60-26-35(41(56-60)42(47)48)53-45(63)33-22-52-59-18-15-37(54-43(33)59)58-19-21-64-30(24-58)13-16-49/h2,4,6,15,18,22,26-27,29-30,32,34,36,42,50-51H,7-14,17,19-21,23-25H2,1H3,(H,53,63)(H,55,61,62)/t27-,29-,30?,32?,34-,36+/m0/s1. The van der Waals surface area contributed by atoms with Crippen LogP contribution in [0.1, 0.15) is 91.0 Å². The van der Waals surface area contributed by atoms with E-state index >= 15 is 4.39 Å². The zero-order valence-electron chi connectivity index (χ0n) is 35.9. The first-order valence-electron chi connectivity index (χ1n) is 22.0. The van der Waals surface area contributed by atoms with Crippen molar-refractivity contribution in [3.63, 3.8) is 0 Å². The monoisotopic (exact) mass is 896 g/mol. The molecular weight excluding hydrogens is 846 g/mol. The molecule has 2 unspecified atom stereocenters. The van der Waals surface area contributed by atoms with Gasteiger partial charge in [0.2, 0.25) is 11.8 Å². The van der Waals surface area contributed by atoms with Crippen molar-refractivity contribution in [2.24, 2.45) is 11.8 Å². The molecule has 1 aromatic carbocycles. The van der Waals surface area contributed by atoms with Gasteiger partial charge in [0.25, 0.3) is 12.3 Å². The van der Waals surface area contributed by atoms with E-state index in [4.69, 9.17) is 20.1 Å². The molecule has 0 bridgehead atoms. The van der Waals surface area contributed by atoms with Crippen molar-refractivity contribution in [1.29, 1.82) is 10.7 Å². The van der Waals surface area contributed by atoms with Crippen molar-refractivity contribution in [2.75, 3.05) is 68.5 Å². The maximum Gasteiger partial charge on any atom is 0.284 e. The lowest BCUT2D eigenvalue weighted by Gasteiger charge is -2.38. The zero-order valence-corrected chi connectivity index (χ0v) is 35.9. The molecule has 1 aliphatic carbocycles. The summed E-state index contributed by atoms with van der Waals surface area (Å²) in [6.07, 6.45) is 3.64. The number of anilines is 3. The van der Waals surface area contributed by atoms with Gasteiger partial charge in [0, 0.05) is 69.7 Å². The van der Waals surface area contributed by atoms with Crippen LogP contribution in [-0.2, 0) is 19.1 Å². The summed E-state index contributed by atoms with van der Waals surface area (Å²) in [4.78, 5) is 46.3. The van der Waals surface area contributed by atoms with Crippen molar-refractivity contribution < 1.29 is 37.0 Å². The number of likely N-dealkylation sites (tertiary alicyclic amines) is 1. The lowest BCUT2D eigenvalue weighted by Crippen LogP contribution is -2.47. The summed E-state index contributed by atoms with van der Waals surface area (Å²) in [6, 6.07) is 9.01. The van der Waals surface area contributed by atoms with Gasteiger partial charge in [-0.1, -0.05) is 24.0 Å². The molecule has 3 aromatic heterocycles. The van der Waals surface area contributed by atoms with Crippen molar-refractivity contribution in [3.05, 3.63) is 65.2 Å². The van der Waals surface area contributed by atoms with Crippen LogP contribution in [0, 0.1) is 40.4 Å². The van der Waals surface area contributed by atoms with Crippen LogP contribution >= 0.6 is 0 Å². The molecule has 0 spiro atoms. The lowest BCUT2D eigenvalue weighted by atomic mass is 9.85. The van der Waals surface area contributed by atoms with Crippen LogP contribution in [-0.4, -0.2) is 124 Å². The SMILES string of the molecule is CNc1c(C#CCO[C@@H]2CCN(C[C@H]3CC[C@H](n4cc(NC(=O)c5cnn6ccc(N7CCOC(CC#N)C7)nc56)c(C(F)F)n4)CC3)C[C@@H]2F)cccc1C(=N)C1CCC(=O)NC1=O. The first-order chi connectivity index (χ1) is 31.5. The molecule has 4 aliphatic rings. The van der Waals surface area contributed by atoms with Gasteiger partial charge < -0.3 is 30.4 Å². The zero-order chi connectivity index (χ0) is 45.6. The van der Waals surface area contributed by atoms with Crippen molar-refractivity contribution in [1.82, 2.24) is 34.6 Å². The van der Waals surface area contributed by atoms with Gasteiger partial charge in [0.1, 0.15) is 24.2 Å². The third-order valence-corrected chi connectivity index (χ3v) is 12.7. The van der Waals surface area contributed by atoms with Crippen molar-refractivity contribution in [3.8, 4) is 17.9 Å². The number of amides is 3. The van der Waals surface area contributed by atoms with Gasteiger partial charge in [-0.2, -0.15) is 15.5 Å². The van der Waals surface area contributed by atoms with E-state index in [0.717, 1.165) is 12.8 Å². The normalized spacial score (nSPS) is 24.0. The highest BCUT2D eigenvalue weighted by Gasteiger charge is 2.34. The third-order valence-electron chi connectivity index (χ3n) is 12.7. The predicted molar refractivity (Wildman–Crippen MR) is 233 cm³/mol. The number of benzene rings is 1. The number of morpholine rings is 1. The Hall–Kier alpha value is -6.35. The average Bonchev–Trinajstić information content (AvgIpc) is 3.93. The van der Waals surface area contributed by atoms with Gasteiger partial charge in [-0.3, -0.25) is 29.3 Å². The number of hydrogen-bond donors (Lipinski definition) is 4. The summed E-state index contributed by atoms with van der Waals surface area (Å²) in [7, 11) is 1.71. The van der Waals surface area contributed by atoms with E-state index in [1.54, 1.807) is 37.5 Å². The molecule has 0 radical (unpaired) electrons. The van der Waals surface area contributed by atoms with E-state index in [0.29, 0.717) is 80.6 Å². The number of ether oxygens (including phenoxy) is 2. The van der Waals surface area contributed by atoms with Crippen LogP contribution in [0.15, 0.2) is 42.9 Å². The Balaban J connectivity index is 0.811. The van der Waals surface area contributed by atoms with Gasteiger partial charge >= 0.3 is 0 Å². The number of rotatable bonds is 13. The highest BCUT2D eigenvalue weighted by molar-refractivity contribution is 6.18. The number of alkyl halides is 3. The van der Waals surface area contributed by atoms with Crippen LogP contribution in [0.4, 0.5) is 30.4 Å². The van der Waals surface area contributed by atoms with Crippen LogP contribution in [0.3, 0.4) is 0 Å². The molecule has 65 heavy (non-hydrogen) atoms. The van der Waals surface area contributed by atoms with E-state index in [-0.39, 0.29) is 73.1 Å². The quantitative estimate of drug-likeness (QED) is 0.0803. The fraction of sp³-hybridized carbons (Fsp3) is 0.511. The van der Waals surface area contributed by atoms with Gasteiger partial charge in [-0.05, 0) is 56.6 Å². The van der Waals surface area contributed by atoms with Crippen LogP contribution in [0.25, 0.3) is 5.65 Å². The van der Waals surface area contributed by atoms with E-state index in [2.05, 4.69) is 53.9 Å². The molecule has 4 fully saturated rings. The summed E-state index contributed by atoms with van der Waals surface area (Å²) in [5.41, 5.74) is 1.57. The maximum absolute atomic E-state index is 15.4. The summed E-state index contributed by atoms with van der Waals surface area (Å²) in [6.45, 7) is 3.04. The second kappa shape index (κ2) is 20.2. The van der Waals surface area contributed by atoms with E-state index < -0.39 is 42.1 Å². The number of piperidine rings is 2. The minimum atomic E-state index is -2.93. The summed E-state index contributed by atoms with van der Waals surface area (Å²) in [5.74, 6) is 4.69. The molecule has 6 heterocycles. The second-order valence-corrected chi connectivity index (χ2v) is 16.9. The molecule has 3 saturated heterocycles. The molecule has 17 nitrogen and oxygen atoms in total. The number of nitrogens with zero attached hydrogens (tertiary/aromatic N) is 8. The predicted octanol–water partition coefficient (Wildman–Crippen LogP) is 4.91. The van der Waals surface area contributed by atoms with Crippen molar-refractivity contribution in [2.45, 2.75) is 82.2 Å². The first kappa shape index (κ1) is 45.2. The van der Waals surface area contributed by atoms with Gasteiger partial charge in [-0.15, -0.1) is 0 Å². The van der Waals surface area contributed by atoms with Gasteiger partial charge in [0.05, 0.1) is 66.5 Å². The van der Waals surface area contributed by atoms with Crippen LogP contribution < -0.4 is 20.9 Å². The molecule has 4 atom stereocenters. The number of carbonyl (C=O) groups is 3. The highest BCUT2D eigenvalue weighted by atomic mass is 19.3. The molecule has 3 aliphatic heterocycles. The number of carbonyl (C=O) groups excluding carboxylic acids is 3. The molecule has 4 N–H and O–H groups in total. The number of nitriles is 1. The number of fused-ring (bicyclic) bond motifs is 1. The summed E-state index contributed by atoms with van der Waals surface area (Å²) in [5, 5.41) is 34.3. The Kier molecular flexibility index (Phi) is 14.1. The largest absolute Gasteiger partial charge is 0.387 e. The Bertz CT molecular complexity index is 2520. The molecular formula is C45H51F3N12O5. The van der Waals surface area contributed by atoms with E-state index in [1.807, 2.05) is 4.90 Å². The van der Waals surface area contributed by atoms with Crippen LogP contribution in [0.2, 0.25) is 0 Å². The van der Waals surface area contributed by atoms with Crippen LogP contribution in [0.5, 0.6) is 0 Å². The number of halogens is 3. The minimum absolute atomic E-state index is 0.0132. The molecule has 1 saturated carbocycles. The summed E-state index contributed by atoms with van der Waals surface area (Å²) >= 11 is 0. The fourth-order valence-electron chi connectivity index (χ4n) is 9.23. The van der Waals surface area contributed by atoms with Gasteiger partial charge in [-0.25, -0.2) is 22.7 Å². The lowest BCUT2D eigenvalue weighted by molar-refractivity contribution is -0.134. The van der Waals surface area contributed by atoms with Crippen molar-refractivity contribution >= 4 is 46.3 Å². The topological polar surface area (TPSA) is 208 Å². The minimum Gasteiger partial charge on any atom is -0.387 e. The smallest absolute Gasteiger partial charge is 0.284 e. The molecule has 3 amide bonds. The highest BCUT2D eigenvalue weighted by Crippen LogP contribution is 2.36. The average molecular weight is 897 g/mol. The Morgan fingerprint density at radius 1 is 1.11 bits per heavy atom. The number of hydrogen-bond acceptors (Lipinski definition) is 13. The fourth-order valence-corrected chi connectivity index (χ4v) is 9.23. The number of nitrogens with one attached hydrogen (secondary N) is 4. The van der Waals surface area contributed by atoms with E-state index in [9.17, 15) is 23.2 Å². The molecule has 8 rings (SSSR count). The number of aromatic nitrogens is 5. The molecule has 20 heteroatoms. The first-order valence-corrected chi connectivity index (χ1v) is 22.0. The second-order valence-electron chi connectivity index (χ2n) is 16.9. The Morgan fingerprint density at radius 2 is 1.94 bits per heavy atom. The third kappa shape index (κ3) is 10.3. The summed E-state index contributed by atoms with van der Waals surface area (Å²) < 4.78 is 58.6. The molecule has 4 aromatic rings. The number of para-hydroxylation sites is 1. The number of imide groups is 1.